The Balaban J connectivity index is 1.92. The van der Waals surface area contributed by atoms with E-state index in [1.54, 1.807) is 16.2 Å². The van der Waals surface area contributed by atoms with E-state index < -0.39 is 0 Å². The number of aliphatic hydroxyl groups is 1. The first-order valence-electron chi connectivity index (χ1n) is 6.92. The Labute approximate surface area is 129 Å². The maximum absolute atomic E-state index is 12.2. The van der Waals surface area contributed by atoms with Gasteiger partial charge in [0, 0.05) is 22.8 Å². The molecule has 0 bridgehead atoms. The standard InChI is InChI=1S/C16H20N2O2S/c1-13-7-8-15(21-13)11-17-16(20)18(9-10-19)12-14-5-3-2-4-6-14/h2-8,19H,9-12H2,1H3,(H,17,20). The van der Waals surface area contributed by atoms with Crippen molar-refractivity contribution < 1.29 is 9.90 Å². The van der Waals surface area contributed by atoms with Gasteiger partial charge in [0.25, 0.3) is 0 Å². The molecule has 1 heterocycles. The summed E-state index contributed by atoms with van der Waals surface area (Å²) in [7, 11) is 0. The molecule has 0 aliphatic carbocycles. The predicted molar refractivity (Wildman–Crippen MR) is 85.2 cm³/mol. The maximum atomic E-state index is 12.2. The van der Waals surface area contributed by atoms with Crippen molar-refractivity contribution >= 4 is 17.4 Å². The van der Waals surface area contributed by atoms with Gasteiger partial charge in [-0.1, -0.05) is 30.3 Å². The molecule has 0 aliphatic rings. The van der Waals surface area contributed by atoms with Gasteiger partial charge in [-0.2, -0.15) is 0 Å². The Hall–Kier alpha value is -1.85. The molecule has 21 heavy (non-hydrogen) atoms. The second kappa shape index (κ2) is 7.81. The smallest absolute Gasteiger partial charge is 0.318 e. The van der Waals surface area contributed by atoms with E-state index in [9.17, 15) is 4.79 Å². The van der Waals surface area contributed by atoms with Crippen molar-refractivity contribution in [1.82, 2.24) is 10.2 Å². The van der Waals surface area contributed by atoms with E-state index in [0.717, 1.165) is 10.4 Å². The molecule has 0 spiro atoms. The first-order chi connectivity index (χ1) is 10.2. The van der Waals surface area contributed by atoms with Crippen molar-refractivity contribution in [3.05, 3.63) is 57.8 Å². The lowest BCUT2D eigenvalue weighted by Gasteiger charge is -2.22. The predicted octanol–water partition coefficient (Wildman–Crippen LogP) is 2.76. The van der Waals surface area contributed by atoms with Crippen LogP contribution in [-0.2, 0) is 13.1 Å². The van der Waals surface area contributed by atoms with Gasteiger partial charge < -0.3 is 15.3 Å². The van der Waals surface area contributed by atoms with Crippen LogP contribution in [0.4, 0.5) is 4.79 Å². The van der Waals surface area contributed by atoms with Crippen LogP contribution in [0.1, 0.15) is 15.3 Å². The number of aryl methyl sites for hydroxylation is 1. The highest BCUT2D eigenvalue weighted by molar-refractivity contribution is 7.11. The Morgan fingerprint density at radius 1 is 1.24 bits per heavy atom. The minimum absolute atomic E-state index is 0.0433. The van der Waals surface area contributed by atoms with Crippen molar-refractivity contribution in [2.75, 3.05) is 13.2 Å². The van der Waals surface area contributed by atoms with E-state index in [4.69, 9.17) is 5.11 Å². The minimum atomic E-state index is -0.154. The zero-order chi connectivity index (χ0) is 15.1. The molecule has 1 aromatic carbocycles. The van der Waals surface area contributed by atoms with Gasteiger partial charge in [0.05, 0.1) is 13.2 Å². The monoisotopic (exact) mass is 304 g/mol. The Bertz CT molecular complexity index is 569. The molecule has 112 valence electrons. The van der Waals surface area contributed by atoms with Crippen molar-refractivity contribution in [3.63, 3.8) is 0 Å². The number of benzene rings is 1. The van der Waals surface area contributed by atoms with Crippen LogP contribution >= 0.6 is 11.3 Å². The van der Waals surface area contributed by atoms with Gasteiger partial charge in [0.2, 0.25) is 0 Å². The van der Waals surface area contributed by atoms with E-state index in [1.165, 1.54) is 4.88 Å². The molecule has 5 heteroatoms. The summed E-state index contributed by atoms with van der Waals surface area (Å²) in [4.78, 5) is 16.2. The molecule has 2 rings (SSSR count). The summed E-state index contributed by atoms with van der Waals surface area (Å²) in [6.45, 7) is 3.34. The number of thiophene rings is 1. The summed E-state index contributed by atoms with van der Waals surface area (Å²) in [5.41, 5.74) is 1.05. The molecular formula is C16H20N2O2S. The Morgan fingerprint density at radius 3 is 2.62 bits per heavy atom. The van der Waals surface area contributed by atoms with E-state index in [0.29, 0.717) is 19.6 Å². The molecule has 1 aromatic heterocycles. The van der Waals surface area contributed by atoms with Gasteiger partial charge in [0.1, 0.15) is 0 Å². The molecule has 4 nitrogen and oxygen atoms in total. The number of amides is 2. The third kappa shape index (κ3) is 4.88. The molecule has 0 saturated heterocycles. The minimum Gasteiger partial charge on any atom is -0.395 e. The summed E-state index contributed by atoms with van der Waals surface area (Å²) in [6.07, 6.45) is 0. The van der Waals surface area contributed by atoms with Crippen molar-refractivity contribution in [2.24, 2.45) is 0 Å². The number of rotatable bonds is 6. The highest BCUT2D eigenvalue weighted by Crippen LogP contribution is 2.14. The van der Waals surface area contributed by atoms with E-state index in [2.05, 4.69) is 5.32 Å². The highest BCUT2D eigenvalue weighted by atomic mass is 32.1. The van der Waals surface area contributed by atoms with Crippen LogP contribution in [0.5, 0.6) is 0 Å². The largest absolute Gasteiger partial charge is 0.395 e. The average molecular weight is 304 g/mol. The van der Waals surface area contributed by atoms with Crippen LogP contribution in [0.2, 0.25) is 0 Å². The first kappa shape index (κ1) is 15.5. The Morgan fingerprint density at radius 2 is 2.00 bits per heavy atom. The number of urea groups is 1. The second-order valence-electron chi connectivity index (χ2n) is 4.80. The van der Waals surface area contributed by atoms with Crippen molar-refractivity contribution in [1.29, 1.82) is 0 Å². The van der Waals surface area contributed by atoms with Gasteiger partial charge in [-0.05, 0) is 24.6 Å². The molecule has 0 radical (unpaired) electrons. The van der Waals surface area contributed by atoms with Crippen molar-refractivity contribution in [2.45, 2.75) is 20.0 Å². The van der Waals surface area contributed by atoms with E-state index in [-0.39, 0.29) is 12.6 Å². The molecular weight excluding hydrogens is 284 g/mol. The number of nitrogens with zero attached hydrogens (tertiary/aromatic N) is 1. The number of hydrogen-bond donors (Lipinski definition) is 2. The zero-order valence-corrected chi connectivity index (χ0v) is 12.9. The summed E-state index contributed by atoms with van der Waals surface area (Å²) in [5, 5.41) is 12.0. The van der Waals surface area contributed by atoms with Crippen molar-refractivity contribution in [3.8, 4) is 0 Å². The summed E-state index contributed by atoms with van der Waals surface area (Å²) < 4.78 is 0. The van der Waals surface area contributed by atoms with Crippen LogP contribution < -0.4 is 5.32 Å². The van der Waals surface area contributed by atoms with Gasteiger partial charge in [-0.3, -0.25) is 0 Å². The lowest BCUT2D eigenvalue weighted by Crippen LogP contribution is -2.40. The second-order valence-corrected chi connectivity index (χ2v) is 6.17. The number of carbonyl (C=O) groups excluding carboxylic acids is 1. The van der Waals surface area contributed by atoms with Gasteiger partial charge in [-0.15, -0.1) is 11.3 Å². The fourth-order valence-corrected chi connectivity index (χ4v) is 2.86. The number of carbonyl (C=O) groups is 1. The van der Waals surface area contributed by atoms with Crippen LogP contribution in [0.15, 0.2) is 42.5 Å². The Kier molecular flexibility index (Phi) is 5.78. The molecule has 0 unspecified atom stereocenters. The van der Waals surface area contributed by atoms with Crippen LogP contribution in [-0.4, -0.2) is 29.2 Å². The molecule has 0 fully saturated rings. The third-order valence-electron chi connectivity index (χ3n) is 3.08. The first-order valence-corrected chi connectivity index (χ1v) is 7.73. The molecule has 0 saturated carbocycles. The molecule has 2 amide bonds. The fraction of sp³-hybridized carbons (Fsp3) is 0.312. The normalized spacial score (nSPS) is 10.4. The lowest BCUT2D eigenvalue weighted by atomic mass is 10.2. The summed E-state index contributed by atoms with van der Waals surface area (Å²) in [6, 6.07) is 13.7. The van der Waals surface area contributed by atoms with Crippen LogP contribution in [0.25, 0.3) is 0 Å². The van der Waals surface area contributed by atoms with Gasteiger partial charge in [-0.25, -0.2) is 4.79 Å². The number of hydrogen-bond acceptors (Lipinski definition) is 3. The molecule has 0 aliphatic heterocycles. The van der Waals surface area contributed by atoms with Crippen LogP contribution in [0.3, 0.4) is 0 Å². The number of nitrogens with one attached hydrogen (secondary N) is 1. The quantitative estimate of drug-likeness (QED) is 0.862. The molecule has 2 N–H and O–H groups in total. The van der Waals surface area contributed by atoms with Gasteiger partial charge in [0.15, 0.2) is 0 Å². The topological polar surface area (TPSA) is 52.6 Å². The SMILES string of the molecule is Cc1ccc(CNC(=O)N(CCO)Cc2ccccc2)s1. The van der Waals surface area contributed by atoms with E-state index >= 15 is 0 Å². The fourth-order valence-electron chi connectivity index (χ4n) is 2.03. The number of aliphatic hydroxyl groups excluding tert-OH is 1. The highest BCUT2D eigenvalue weighted by Gasteiger charge is 2.13. The third-order valence-corrected chi connectivity index (χ3v) is 4.08. The maximum Gasteiger partial charge on any atom is 0.318 e. The van der Waals surface area contributed by atoms with Crippen LogP contribution in [0, 0.1) is 6.92 Å². The van der Waals surface area contributed by atoms with E-state index in [1.807, 2.05) is 49.4 Å². The summed E-state index contributed by atoms with van der Waals surface area (Å²) >= 11 is 1.68. The zero-order valence-electron chi connectivity index (χ0n) is 12.1. The lowest BCUT2D eigenvalue weighted by molar-refractivity contribution is 0.174. The molecule has 0 atom stereocenters. The summed E-state index contributed by atoms with van der Waals surface area (Å²) in [5.74, 6) is 0. The van der Waals surface area contributed by atoms with Gasteiger partial charge >= 0.3 is 6.03 Å². The molecule has 2 aromatic rings. The average Bonchev–Trinajstić information content (AvgIpc) is 2.91.